The molecule has 0 radical (unpaired) electrons. The Balaban J connectivity index is 1.86. The van der Waals surface area contributed by atoms with Crippen LogP contribution in [0.4, 0.5) is 5.69 Å². The number of benzene rings is 1. The van der Waals surface area contributed by atoms with Crippen molar-refractivity contribution in [2.24, 2.45) is 5.92 Å². The third kappa shape index (κ3) is 4.28. The van der Waals surface area contributed by atoms with Gasteiger partial charge in [0.2, 0.25) is 0 Å². The lowest BCUT2D eigenvalue weighted by Gasteiger charge is -2.28. The number of carbonyl (C=O) groups excluding carboxylic acids is 1. The molecule has 0 spiro atoms. The fourth-order valence-corrected chi connectivity index (χ4v) is 3.01. The number of nitrogens with zero attached hydrogens (tertiary/aromatic N) is 1. The molecule has 114 valence electrons. The second-order valence-electron chi connectivity index (χ2n) is 5.78. The van der Waals surface area contributed by atoms with Crippen molar-refractivity contribution < 1.29 is 9.72 Å². The van der Waals surface area contributed by atoms with Gasteiger partial charge in [-0.05, 0) is 43.7 Å². The maximum Gasteiger partial charge on any atom is 0.269 e. The molecule has 5 heteroatoms. The molecule has 0 aliphatic heterocycles. The quantitative estimate of drug-likeness (QED) is 0.664. The molecule has 0 bridgehead atoms. The van der Waals surface area contributed by atoms with Crippen molar-refractivity contribution >= 4 is 11.6 Å². The van der Waals surface area contributed by atoms with Gasteiger partial charge in [-0.25, -0.2) is 0 Å². The Morgan fingerprint density at radius 2 is 1.86 bits per heavy atom. The minimum Gasteiger partial charge on any atom is -0.349 e. The van der Waals surface area contributed by atoms with Crippen molar-refractivity contribution in [3.05, 3.63) is 39.9 Å². The molecule has 1 fully saturated rings. The highest BCUT2D eigenvalue weighted by Crippen LogP contribution is 2.27. The van der Waals surface area contributed by atoms with E-state index in [-0.39, 0.29) is 17.6 Å². The van der Waals surface area contributed by atoms with E-state index in [1.54, 1.807) is 0 Å². The van der Waals surface area contributed by atoms with Crippen LogP contribution in [0.25, 0.3) is 0 Å². The summed E-state index contributed by atoms with van der Waals surface area (Å²) < 4.78 is 0. The van der Waals surface area contributed by atoms with E-state index >= 15 is 0 Å². The van der Waals surface area contributed by atoms with Crippen molar-refractivity contribution in [1.29, 1.82) is 0 Å². The first-order valence-corrected chi connectivity index (χ1v) is 7.65. The number of hydrogen-bond donors (Lipinski definition) is 1. The highest BCUT2D eigenvalue weighted by atomic mass is 16.6. The summed E-state index contributed by atoms with van der Waals surface area (Å²) in [7, 11) is 0. The molecule has 2 rings (SSSR count). The molecular formula is C16H22N2O3. The van der Waals surface area contributed by atoms with Crippen LogP contribution in [0, 0.1) is 16.0 Å². The summed E-state index contributed by atoms with van der Waals surface area (Å²) in [5, 5.41) is 13.6. The van der Waals surface area contributed by atoms with Crippen LogP contribution in [-0.4, -0.2) is 16.9 Å². The first-order chi connectivity index (χ1) is 10.1. The zero-order valence-electron chi connectivity index (χ0n) is 12.4. The van der Waals surface area contributed by atoms with E-state index in [4.69, 9.17) is 0 Å². The first kappa shape index (κ1) is 15.5. The van der Waals surface area contributed by atoms with Gasteiger partial charge >= 0.3 is 0 Å². The molecule has 5 nitrogen and oxygen atoms in total. The fourth-order valence-electron chi connectivity index (χ4n) is 3.01. The van der Waals surface area contributed by atoms with Gasteiger partial charge in [-0.2, -0.15) is 0 Å². The second-order valence-corrected chi connectivity index (χ2v) is 5.78. The second kappa shape index (κ2) is 7.20. The Morgan fingerprint density at radius 1 is 1.24 bits per heavy atom. The molecule has 1 saturated carbocycles. The van der Waals surface area contributed by atoms with Crippen molar-refractivity contribution in [3.63, 3.8) is 0 Å². The molecule has 0 atom stereocenters. The Morgan fingerprint density at radius 3 is 2.38 bits per heavy atom. The van der Waals surface area contributed by atoms with Crippen molar-refractivity contribution in [2.75, 3.05) is 0 Å². The lowest BCUT2D eigenvalue weighted by Crippen LogP contribution is -2.37. The van der Waals surface area contributed by atoms with Gasteiger partial charge in [0.15, 0.2) is 0 Å². The highest BCUT2D eigenvalue weighted by molar-refractivity contribution is 5.94. The number of nitro groups is 1. The number of non-ortho nitro benzene ring substituents is 1. The summed E-state index contributed by atoms with van der Waals surface area (Å²) in [6, 6.07) is 5.99. The lowest BCUT2D eigenvalue weighted by atomic mass is 9.83. The first-order valence-electron chi connectivity index (χ1n) is 7.65. The van der Waals surface area contributed by atoms with Crippen LogP contribution in [-0.2, 0) is 0 Å². The highest BCUT2D eigenvalue weighted by Gasteiger charge is 2.22. The third-order valence-corrected chi connectivity index (χ3v) is 4.22. The molecular weight excluding hydrogens is 268 g/mol. The summed E-state index contributed by atoms with van der Waals surface area (Å²) in [5.74, 6) is 0.673. The standard InChI is InChI=1S/C16H22N2O3/c1-2-3-12-4-8-14(9-5-12)17-16(19)13-6-10-15(11-7-13)18(20)21/h6-7,10-12,14H,2-5,8-9H2,1H3,(H,17,19). The van der Waals surface area contributed by atoms with E-state index in [1.807, 2.05) is 0 Å². The Kier molecular flexibility index (Phi) is 5.31. The van der Waals surface area contributed by atoms with Gasteiger partial charge in [-0.3, -0.25) is 14.9 Å². The SMILES string of the molecule is CCCC1CCC(NC(=O)c2ccc([N+](=O)[O-])cc2)CC1. The van der Waals surface area contributed by atoms with Crippen LogP contribution in [0.3, 0.4) is 0 Å². The van der Waals surface area contributed by atoms with E-state index < -0.39 is 4.92 Å². The van der Waals surface area contributed by atoms with E-state index in [2.05, 4.69) is 12.2 Å². The summed E-state index contributed by atoms with van der Waals surface area (Å²) >= 11 is 0. The maximum absolute atomic E-state index is 12.1. The van der Waals surface area contributed by atoms with Gasteiger partial charge in [-0.15, -0.1) is 0 Å². The van der Waals surface area contributed by atoms with Crippen LogP contribution in [0.1, 0.15) is 55.8 Å². The third-order valence-electron chi connectivity index (χ3n) is 4.22. The minimum atomic E-state index is -0.462. The van der Waals surface area contributed by atoms with Crippen LogP contribution in [0.5, 0.6) is 0 Å². The molecule has 1 N–H and O–H groups in total. The molecule has 1 aromatic rings. The van der Waals surface area contributed by atoms with E-state index in [1.165, 1.54) is 49.9 Å². The lowest BCUT2D eigenvalue weighted by molar-refractivity contribution is -0.384. The van der Waals surface area contributed by atoms with Crippen molar-refractivity contribution in [1.82, 2.24) is 5.32 Å². The Bertz CT molecular complexity index is 491. The van der Waals surface area contributed by atoms with E-state index in [0.717, 1.165) is 18.8 Å². The van der Waals surface area contributed by atoms with Crippen LogP contribution in [0.15, 0.2) is 24.3 Å². The molecule has 0 saturated heterocycles. The molecule has 0 heterocycles. The Hall–Kier alpha value is -1.91. The molecule has 1 amide bonds. The smallest absolute Gasteiger partial charge is 0.269 e. The van der Waals surface area contributed by atoms with Crippen LogP contribution < -0.4 is 5.32 Å². The number of nitro benzene ring substituents is 1. The molecule has 1 aliphatic carbocycles. The van der Waals surface area contributed by atoms with Crippen molar-refractivity contribution in [3.8, 4) is 0 Å². The van der Waals surface area contributed by atoms with Crippen LogP contribution >= 0.6 is 0 Å². The summed E-state index contributed by atoms with van der Waals surface area (Å²) in [5.41, 5.74) is 0.489. The van der Waals surface area contributed by atoms with Gasteiger partial charge in [0.1, 0.15) is 0 Å². The summed E-state index contributed by atoms with van der Waals surface area (Å²) in [6.45, 7) is 2.21. The average molecular weight is 290 g/mol. The number of amides is 1. The monoisotopic (exact) mass is 290 g/mol. The number of rotatable bonds is 5. The fraction of sp³-hybridized carbons (Fsp3) is 0.562. The largest absolute Gasteiger partial charge is 0.349 e. The van der Waals surface area contributed by atoms with E-state index in [9.17, 15) is 14.9 Å². The van der Waals surface area contributed by atoms with Crippen LogP contribution in [0.2, 0.25) is 0 Å². The molecule has 1 aromatic carbocycles. The number of hydrogen-bond acceptors (Lipinski definition) is 3. The average Bonchev–Trinajstić information content (AvgIpc) is 2.49. The zero-order chi connectivity index (χ0) is 15.2. The molecule has 21 heavy (non-hydrogen) atoms. The van der Waals surface area contributed by atoms with Gasteiger partial charge in [0.25, 0.3) is 11.6 Å². The van der Waals surface area contributed by atoms with Gasteiger partial charge in [0.05, 0.1) is 4.92 Å². The van der Waals surface area contributed by atoms with Gasteiger partial charge in [0, 0.05) is 23.7 Å². The molecule has 0 aromatic heterocycles. The topological polar surface area (TPSA) is 72.2 Å². The number of nitrogens with one attached hydrogen (secondary N) is 1. The predicted octanol–water partition coefficient (Wildman–Crippen LogP) is 3.68. The number of carbonyl (C=O) groups is 1. The maximum atomic E-state index is 12.1. The zero-order valence-corrected chi connectivity index (χ0v) is 12.4. The Labute approximate surface area is 124 Å². The normalized spacial score (nSPS) is 21.8. The van der Waals surface area contributed by atoms with E-state index in [0.29, 0.717) is 5.56 Å². The predicted molar refractivity (Wildman–Crippen MR) is 81.2 cm³/mol. The summed E-state index contributed by atoms with van der Waals surface area (Å²) in [4.78, 5) is 22.2. The molecule has 0 unspecified atom stereocenters. The van der Waals surface area contributed by atoms with Gasteiger partial charge < -0.3 is 5.32 Å². The molecule has 1 aliphatic rings. The van der Waals surface area contributed by atoms with Gasteiger partial charge in [-0.1, -0.05) is 19.8 Å². The van der Waals surface area contributed by atoms with Crippen molar-refractivity contribution in [2.45, 2.75) is 51.5 Å². The summed E-state index contributed by atoms with van der Waals surface area (Å²) in [6.07, 6.45) is 6.93. The minimum absolute atomic E-state index is 0.00613.